The van der Waals surface area contributed by atoms with Crippen molar-refractivity contribution in [3.8, 4) is 0 Å². The molecular weight excluding hydrogens is 180 g/mol. The van der Waals surface area contributed by atoms with Crippen molar-refractivity contribution in [2.45, 2.75) is 32.7 Å². The first-order chi connectivity index (χ1) is 6.22. The quantitative estimate of drug-likeness (QED) is 0.806. The standard InChI is InChI=1S/C10H16N2S/c1-3-7-4-8(7)10(11)9-5-13-6(2)12-9/h5,7-8,10H,3-4,11H2,1-2H3/t7-,8-,10?/m1/s1. The van der Waals surface area contributed by atoms with Crippen LogP contribution in [0.3, 0.4) is 0 Å². The van der Waals surface area contributed by atoms with E-state index < -0.39 is 0 Å². The van der Waals surface area contributed by atoms with E-state index in [0.717, 1.165) is 16.6 Å². The lowest BCUT2D eigenvalue weighted by atomic mass is 10.1. The van der Waals surface area contributed by atoms with Crippen molar-refractivity contribution in [3.05, 3.63) is 16.1 Å². The number of hydrogen-bond donors (Lipinski definition) is 1. The molecule has 0 aromatic carbocycles. The van der Waals surface area contributed by atoms with Gasteiger partial charge in [0.15, 0.2) is 0 Å². The van der Waals surface area contributed by atoms with E-state index in [1.165, 1.54) is 12.8 Å². The van der Waals surface area contributed by atoms with Crippen LogP contribution in [-0.2, 0) is 0 Å². The fourth-order valence-electron chi connectivity index (χ4n) is 1.93. The molecule has 1 saturated carbocycles. The summed E-state index contributed by atoms with van der Waals surface area (Å²) in [4.78, 5) is 4.43. The molecule has 2 N–H and O–H groups in total. The minimum absolute atomic E-state index is 0.190. The molecule has 3 atom stereocenters. The van der Waals surface area contributed by atoms with Crippen molar-refractivity contribution in [1.29, 1.82) is 0 Å². The topological polar surface area (TPSA) is 38.9 Å². The first kappa shape index (κ1) is 9.16. The van der Waals surface area contributed by atoms with Crippen molar-refractivity contribution in [1.82, 2.24) is 4.98 Å². The van der Waals surface area contributed by atoms with Crippen LogP contribution in [-0.4, -0.2) is 4.98 Å². The van der Waals surface area contributed by atoms with Crippen LogP contribution >= 0.6 is 11.3 Å². The van der Waals surface area contributed by atoms with E-state index in [1.807, 2.05) is 6.92 Å². The fourth-order valence-corrected chi connectivity index (χ4v) is 2.59. The maximum absolute atomic E-state index is 6.12. The molecule has 0 radical (unpaired) electrons. The van der Waals surface area contributed by atoms with Gasteiger partial charge in [0.25, 0.3) is 0 Å². The molecule has 1 unspecified atom stereocenters. The molecule has 1 aromatic rings. The Bertz CT molecular complexity index is 295. The second-order valence-electron chi connectivity index (χ2n) is 3.89. The maximum atomic E-state index is 6.12. The third kappa shape index (κ3) is 1.76. The zero-order valence-corrected chi connectivity index (χ0v) is 8.97. The zero-order valence-electron chi connectivity index (χ0n) is 8.16. The second-order valence-corrected chi connectivity index (χ2v) is 4.95. The van der Waals surface area contributed by atoms with Crippen molar-refractivity contribution in [3.63, 3.8) is 0 Å². The van der Waals surface area contributed by atoms with E-state index in [1.54, 1.807) is 11.3 Å². The van der Waals surface area contributed by atoms with Crippen LogP contribution < -0.4 is 5.73 Å². The van der Waals surface area contributed by atoms with Gasteiger partial charge in [0.1, 0.15) is 0 Å². The van der Waals surface area contributed by atoms with E-state index >= 15 is 0 Å². The Hall–Kier alpha value is -0.410. The molecule has 72 valence electrons. The molecule has 3 heteroatoms. The molecular formula is C10H16N2S. The molecule has 1 heterocycles. The normalized spacial score (nSPS) is 28.8. The van der Waals surface area contributed by atoms with Gasteiger partial charge in [0.05, 0.1) is 16.7 Å². The minimum atomic E-state index is 0.190. The predicted molar refractivity (Wildman–Crippen MR) is 55.7 cm³/mol. The molecule has 1 fully saturated rings. The molecule has 1 aliphatic carbocycles. The Kier molecular flexibility index (Phi) is 2.39. The molecule has 2 nitrogen and oxygen atoms in total. The van der Waals surface area contributed by atoms with E-state index in [4.69, 9.17) is 5.73 Å². The van der Waals surface area contributed by atoms with Gasteiger partial charge in [0, 0.05) is 5.38 Å². The summed E-state index contributed by atoms with van der Waals surface area (Å²) in [5.74, 6) is 1.56. The van der Waals surface area contributed by atoms with Gasteiger partial charge in [-0.3, -0.25) is 0 Å². The van der Waals surface area contributed by atoms with Crippen LogP contribution in [0.4, 0.5) is 0 Å². The Morgan fingerprint density at radius 3 is 3.00 bits per heavy atom. The monoisotopic (exact) mass is 196 g/mol. The lowest BCUT2D eigenvalue weighted by molar-refractivity contribution is 0.557. The number of thiazole rings is 1. The van der Waals surface area contributed by atoms with Gasteiger partial charge in [-0.05, 0) is 25.2 Å². The largest absolute Gasteiger partial charge is 0.322 e. The third-order valence-electron chi connectivity index (χ3n) is 2.94. The first-order valence-corrected chi connectivity index (χ1v) is 5.78. The molecule has 2 rings (SSSR count). The van der Waals surface area contributed by atoms with Crippen LogP contribution in [0.5, 0.6) is 0 Å². The van der Waals surface area contributed by atoms with Gasteiger partial charge in [0.2, 0.25) is 0 Å². The van der Waals surface area contributed by atoms with Crippen molar-refractivity contribution < 1.29 is 0 Å². The molecule has 13 heavy (non-hydrogen) atoms. The summed E-state index contributed by atoms with van der Waals surface area (Å²) < 4.78 is 0. The molecule has 0 spiro atoms. The van der Waals surface area contributed by atoms with E-state index in [-0.39, 0.29) is 6.04 Å². The SMILES string of the molecule is CC[C@@H]1C[C@H]1C(N)c1csc(C)n1. The Balaban J connectivity index is 2.02. The average molecular weight is 196 g/mol. The molecule has 0 amide bonds. The first-order valence-electron chi connectivity index (χ1n) is 4.90. The number of nitrogens with zero attached hydrogens (tertiary/aromatic N) is 1. The molecule has 1 aliphatic rings. The number of rotatable bonds is 3. The van der Waals surface area contributed by atoms with Crippen LogP contribution in [0.15, 0.2) is 5.38 Å². The third-order valence-corrected chi connectivity index (χ3v) is 3.73. The smallest absolute Gasteiger partial charge is 0.0898 e. The molecule has 0 aliphatic heterocycles. The van der Waals surface area contributed by atoms with Crippen molar-refractivity contribution in [2.75, 3.05) is 0 Å². The van der Waals surface area contributed by atoms with Gasteiger partial charge < -0.3 is 5.73 Å². The number of aryl methyl sites for hydroxylation is 1. The lowest BCUT2D eigenvalue weighted by Gasteiger charge is -2.06. The van der Waals surface area contributed by atoms with Gasteiger partial charge in [-0.15, -0.1) is 11.3 Å². The van der Waals surface area contributed by atoms with E-state index in [9.17, 15) is 0 Å². The second kappa shape index (κ2) is 3.39. The Labute approximate surface area is 83.2 Å². The summed E-state index contributed by atoms with van der Waals surface area (Å²) in [6.07, 6.45) is 2.57. The van der Waals surface area contributed by atoms with E-state index in [0.29, 0.717) is 5.92 Å². The number of aromatic nitrogens is 1. The summed E-state index contributed by atoms with van der Waals surface area (Å²) in [7, 11) is 0. The number of hydrogen-bond acceptors (Lipinski definition) is 3. The van der Waals surface area contributed by atoms with Gasteiger partial charge >= 0.3 is 0 Å². The Morgan fingerprint density at radius 1 is 1.77 bits per heavy atom. The fraction of sp³-hybridized carbons (Fsp3) is 0.700. The summed E-state index contributed by atoms with van der Waals surface area (Å²) in [6, 6.07) is 0.190. The van der Waals surface area contributed by atoms with Crippen LogP contribution in [0.25, 0.3) is 0 Å². The minimum Gasteiger partial charge on any atom is -0.322 e. The van der Waals surface area contributed by atoms with Crippen LogP contribution in [0.1, 0.15) is 36.5 Å². The van der Waals surface area contributed by atoms with E-state index in [2.05, 4.69) is 17.3 Å². The molecule has 1 aromatic heterocycles. The molecule has 0 bridgehead atoms. The zero-order chi connectivity index (χ0) is 9.42. The summed E-state index contributed by atoms with van der Waals surface area (Å²) in [6.45, 7) is 4.27. The average Bonchev–Trinajstić information content (AvgIpc) is 2.80. The number of nitrogens with two attached hydrogens (primary N) is 1. The Morgan fingerprint density at radius 2 is 2.54 bits per heavy atom. The highest BCUT2D eigenvalue weighted by Gasteiger charge is 2.41. The molecule has 0 saturated heterocycles. The predicted octanol–water partition coefficient (Wildman–Crippen LogP) is 2.50. The summed E-state index contributed by atoms with van der Waals surface area (Å²) in [5.41, 5.74) is 7.22. The van der Waals surface area contributed by atoms with Crippen LogP contribution in [0, 0.1) is 18.8 Å². The maximum Gasteiger partial charge on any atom is 0.0898 e. The summed E-state index contributed by atoms with van der Waals surface area (Å²) >= 11 is 1.70. The lowest BCUT2D eigenvalue weighted by Crippen LogP contribution is -2.14. The highest BCUT2D eigenvalue weighted by Crippen LogP contribution is 2.48. The highest BCUT2D eigenvalue weighted by molar-refractivity contribution is 7.09. The van der Waals surface area contributed by atoms with Gasteiger partial charge in [-0.25, -0.2) is 4.98 Å². The highest BCUT2D eigenvalue weighted by atomic mass is 32.1. The van der Waals surface area contributed by atoms with Crippen LogP contribution in [0.2, 0.25) is 0 Å². The van der Waals surface area contributed by atoms with Crippen molar-refractivity contribution in [2.24, 2.45) is 17.6 Å². The summed E-state index contributed by atoms with van der Waals surface area (Å²) in [5, 5.41) is 3.23. The van der Waals surface area contributed by atoms with Crippen molar-refractivity contribution >= 4 is 11.3 Å². The van der Waals surface area contributed by atoms with Gasteiger partial charge in [-0.1, -0.05) is 13.3 Å². The van der Waals surface area contributed by atoms with Gasteiger partial charge in [-0.2, -0.15) is 0 Å².